The van der Waals surface area contributed by atoms with Gasteiger partial charge in [0.1, 0.15) is 15.7 Å². The third-order valence-corrected chi connectivity index (χ3v) is 3.45. The molecular weight excluding hydrogens is 273 g/mol. The first kappa shape index (κ1) is 15.4. The molecule has 0 aliphatic heterocycles. The molecule has 0 saturated heterocycles. The highest BCUT2D eigenvalue weighted by molar-refractivity contribution is 7.90. The van der Waals surface area contributed by atoms with Crippen molar-refractivity contribution in [2.75, 3.05) is 24.4 Å². The third-order valence-electron chi connectivity index (χ3n) is 2.34. The second-order valence-corrected chi connectivity index (χ2v) is 6.50. The van der Waals surface area contributed by atoms with E-state index < -0.39 is 27.7 Å². The van der Waals surface area contributed by atoms with Crippen molar-refractivity contribution in [1.82, 2.24) is 0 Å². The van der Waals surface area contributed by atoms with Gasteiger partial charge in [0.25, 0.3) is 0 Å². The van der Waals surface area contributed by atoms with Crippen LogP contribution in [0.25, 0.3) is 0 Å². The molecule has 0 aliphatic rings. The lowest BCUT2D eigenvalue weighted by atomic mass is 10.1. The molecule has 0 radical (unpaired) electrons. The van der Waals surface area contributed by atoms with Crippen molar-refractivity contribution in [1.29, 1.82) is 0 Å². The molecule has 1 N–H and O–H groups in total. The zero-order chi connectivity index (χ0) is 14.6. The van der Waals surface area contributed by atoms with Gasteiger partial charge >= 0.3 is 5.97 Å². The molecule has 1 aromatic rings. The van der Waals surface area contributed by atoms with Crippen molar-refractivity contribution in [2.45, 2.75) is 13.0 Å². The largest absolute Gasteiger partial charge is 0.465 e. The second-order valence-electron chi connectivity index (χ2n) is 4.32. The third kappa shape index (κ3) is 4.86. The highest BCUT2D eigenvalue weighted by Crippen LogP contribution is 2.19. The van der Waals surface area contributed by atoms with Gasteiger partial charge in [-0.25, -0.2) is 17.6 Å². The molecule has 0 amide bonds. The Morgan fingerprint density at radius 2 is 2.11 bits per heavy atom. The first-order valence-corrected chi connectivity index (χ1v) is 7.61. The summed E-state index contributed by atoms with van der Waals surface area (Å²) in [6.07, 6.45) is 1.12. The van der Waals surface area contributed by atoms with Gasteiger partial charge in [-0.05, 0) is 25.1 Å². The topological polar surface area (TPSA) is 72.5 Å². The van der Waals surface area contributed by atoms with E-state index in [4.69, 9.17) is 0 Å². The summed E-state index contributed by atoms with van der Waals surface area (Å²) in [5.41, 5.74) is 0.368. The van der Waals surface area contributed by atoms with Crippen molar-refractivity contribution in [3.63, 3.8) is 0 Å². The average Bonchev–Trinajstić information content (AvgIpc) is 2.28. The van der Waals surface area contributed by atoms with Gasteiger partial charge in [0.2, 0.25) is 0 Å². The van der Waals surface area contributed by atoms with Crippen LogP contribution in [0.15, 0.2) is 18.2 Å². The molecule has 0 fully saturated rings. The van der Waals surface area contributed by atoms with Gasteiger partial charge in [-0.2, -0.15) is 0 Å². The highest BCUT2D eigenvalue weighted by atomic mass is 32.2. The lowest BCUT2D eigenvalue weighted by Gasteiger charge is -2.16. The molecule has 1 rings (SSSR count). The van der Waals surface area contributed by atoms with E-state index >= 15 is 0 Å². The molecule has 0 saturated carbocycles. The minimum Gasteiger partial charge on any atom is -0.465 e. The summed E-state index contributed by atoms with van der Waals surface area (Å²) < 4.78 is 40.0. The maximum absolute atomic E-state index is 13.1. The molecule has 1 unspecified atom stereocenters. The number of ether oxygens (including phenoxy) is 1. The number of halogens is 1. The maximum atomic E-state index is 13.1. The summed E-state index contributed by atoms with van der Waals surface area (Å²) >= 11 is 0. The van der Waals surface area contributed by atoms with Crippen molar-refractivity contribution in [2.24, 2.45) is 0 Å². The van der Waals surface area contributed by atoms with Gasteiger partial charge in [0.05, 0.1) is 18.4 Å². The standard InChI is InChI=1S/C12H16FNO4S/c1-8(7-19(3,16)17)14-11-5-4-9(13)6-10(11)12(15)18-2/h4-6,8,14H,7H2,1-3H3. The minimum absolute atomic E-state index is 0.0304. The van der Waals surface area contributed by atoms with Crippen LogP contribution in [0.4, 0.5) is 10.1 Å². The Kier molecular flexibility index (Phi) is 4.88. The van der Waals surface area contributed by atoms with Crippen LogP contribution in [0.3, 0.4) is 0 Å². The fraction of sp³-hybridized carbons (Fsp3) is 0.417. The van der Waals surface area contributed by atoms with E-state index in [1.54, 1.807) is 6.92 Å². The summed E-state index contributed by atoms with van der Waals surface area (Å²) in [6.45, 7) is 1.66. The number of nitrogens with one attached hydrogen (secondary N) is 1. The van der Waals surface area contributed by atoms with E-state index in [-0.39, 0.29) is 11.3 Å². The monoisotopic (exact) mass is 289 g/mol. The van der Waals surface area contributed by atoms with Crippen molar-refractivity contribution in [3.8, 4) is 0 Å². The van der Waals surface area contributed by atoms with Crippen LogP contribution in [0.2, 0.25) is 0 Å². The number of carbonyl (C=O) groups is 1. The van der Waals surface area contributed by atoms with Gasteiger partial charge < -0.3 is 10.1 Å². The number of esters is 1. The Balaban J connectivity index is 2.97. The SMILES string of the molecule is COC(=O)c1cc(F)ccc1NC(C)CS(C)(=O)=O. The molecule has 0 aliphatic carbocycles. The van der Waals surface area contributed by atoms with Crippen LogP contribution >= 0.6 is 0 Å². The maximum Gasteiger partial charge on any atom is 0.340 e. The number of carbonyl (C=O) groups excluding carboxylic acids is 1. The number of hydrogen-bond donors (Lipinski definition) is 1. The predicted octanol–water partition coefficient (Wildman–Crippen LogP) is 1.46. The van der Waals surface area contributed by atoms with E-state index in [2.05, 4.69) is 10.1 Å². The van der Waals surface area contributed by atoms with Gasteiger partial charge in [-0.15, -0.1) is 0 Å². The first-order valence-electron chi connectivity index (χ1n) is 5.55. The van der Waals surface area contributed by atoms with Crippen LogP contribution in [-0.4, -0.2) is 39.5 Å². The predicted molar refractivity (Wildman–Crippen MR) is 70.5 cm³/mol. The fourth-order valence-electron chi connectivity index (χ4n) is 1.68. The Morgan fingerprint density at radius 1 is 1.47 bits per heavy atom. The second kappa shape index (κ2) is 6.01. The molecule has 7 heteroatoms. The number of methoxy groups -OCH3 is 1. The highest BCUT2D eigenvalue weighted by Gasteiger charge is 2.16. The molecule has 0 bridgehead atoms. The lowest BCUT2D eigenvalue weighted by Crippen LogP contribution is -2.26. The van der Waals surface area contributed by atoms with E-state index in [1.165, 1.54) is 19.2 Å². The van der Waals surface area contributed by atoms with E-state index in [9.17, 15) is 17.6 Å². The molecular formula is C12H16FNO4S. The summed E-state index contributed by atoms with van der Waals surface area (Å²) in [5.74, 6) is -1.35. The Morgan fingerprint density at radius 3 is 2.63 bits per heavy atom. The lowest BCUT2D eigenvalue weighted by molar-refractivity contribution is 0.0601. The van der Waals surface area contributed by atoms with Crippen molar-refractivity contribution < 1.29 is 22.3 Å². The first-order chi connectivity index (χ1) is 8.73. The molecule has 5 nitrogen and oxygen atoms in total. The molecule has 0 heterocycles. The minimum atomic E-state index is -3.14. The van der Waals surface area contributed by atoms with Crippen LogP contribution < -0.4 is 5.32 Å². The van der Waals surface area contributed by atoms with Crippen LogP contribution in [0.1, 0.15) is 17.3 Å². The normalized spacial score (nSPS) is 12.8. The van der Waals surface area contributed by atoms with Crippen molar-refractivity contribution in [3.05, 3.63) is 29.6 Å². The molecule has 1 aromatic carbocycles. The smallest absolute Gasteiger partial charge is 0.340 e. The van der Waals surface area contributed by atoms with Crippen molar-refractivity contribution >= 4 is 21.5 Å². The summed E-state index contributed by atoms with van der Waals surface area (Å²) in [5, 5.41) is 2.86. The molecule has 19 heavy (non-hydrogen) atoms. The zero-order valence-electron chi connectivity index (χ0n) is 10.9. The number of benzene rings is 1. The molecule has 0 aromatic heterocycles. The molecule has 0 spiro atoms. The van der Waals surface area contributed by atoms with Crippen LogP contribution in [0, 0.1) is 5.82 Å². The number of sulfone groups is 1. The van der Waals surface area contributed by atoms with Gasteiger partial charge in [-0.1, -0.05) is 0 Å². The Hall–Kier alpha value is -1.63. The summed E-state index contributed by atoms with van der Waals surface area (Å²) in [6, 6.07) is 3.19. The van der Waals surface area contributed by atoms with Gasteiger partial charge in [0, 0.05) is 18.0 Å². The number of hydrogen-bond acceptors (Lipinski definition) is 5. The summed E-state index contributed by atoms with van der Waals surface area (Å²) in [4.78, 5) is 11.5. The fourth-order valence-corrected chi connectivity index (χ4v) is 2.67. The van der Waals surface area contributed by atoms with Crippen LogP contribution in [0.5, 0.6) is 0 Å². The Labute approximate surface area is 111 Å². The van der Waals surface area contributed by atoms with E-state index in [1.807, 2.05) is 0 Å². The number of anilines is 1. The van der Waals surface area contributed by atoms with Gasteiger partial charge in [-0.3, -0.25) is 0 Å². The van der Waals surface area contributed by atoms with Crippen LogP contribution in [-0.2, 0) is 14.6 Å². The summed E-state index contributed by atoms with van der Waals surface area (Å²) in [7, 11) is -1.95. The molecule has 106 valence electrons. The molecule has 1 atom stereocenters. The average molecular weight is 289 g/mol. The van der Waals surface area contributed by atoms with E-state index in [0.717, 1.165) is 12.3 Å². The van der Waals surface area contributed by atoms with E-state index in [0.29, 0.717) is 5.69 Å². The number of rotatable bonds is 5. The van der Waals surface area contributed by atoms with Gasteiger partial charge in [0.15, 0.2) is 0 Å². The Bertz CT molecular complexity index is 571. The zero-order valence-corrected chi connectivity index (χ0v) is 11.8. The quantitative estimate of drug-likeness (QED) is 0.831.